The van der Waals surface area contributed by atoms with Gasteiger partial charge in [-0.2, -0.15) is 4.31 Å². The molecule has 1 aliphatic heterocycles. The number of sulfonamides is 1. The fourth-order valence-electron chi connectivity index (χ4n) is 3.65. The molecule has 0 saturated carbocycles. The Labute approximate surface area is 193 Å². The van der Waals surface area contributed by atoms with Gasteiger partial charge in [0, 0.05) is 23.5 Å². The lowest BCUT2D eigenvalue weighted by atomic mass is 10.0. The molecule has 2 heterocycles. The number of carbonyl (C=O) groups excluding carboxylic acids is 2. The van der Waals surface area contributed by atoms with Crippen LogP contribution in [0.2, 0.25) is 0 Å². The topological polar surface area (TPSA) is 92.8 Å². The summed E-state index contributed by atoms with van der Waals surface area (Å²) in [5, 5.41) is 3.66. The van der Waals surface area contributed by atoms with Crippen LogP contribution in [0.3, 0.4) is 0 Å². The Morgan fingerprint density at radius 2 is 1.78 bits per heavy atom. The quantitative estimate of drug-likeness (QED) is 0.450. The minimum absolute atomic E-state index is 0.0120. The summed E-state index contributed by atoms with van der Waals surface area (Å²) in [6.45, 7) is 8.96. The molecule has 9 heteroatoms. The largest absolute Gasteiger partial charge is 0.462 e. The van der Waals surface area contributed by atoms with Crippen molar-refractivity contribution in [1.29, 1.82) is 0 Å². The molecule has 1 N–H and O–H groups in total. The molecular weight excluding hydrogens is 448 g/mol. The predicted molar refractivity (Wildman–Crippen MR) is 126 cm³/mol. The van der Waals surface area contributed by atoms with Crippen LogP contribution in [0.15, 0.2) is 29.2 Å². The normalized spacial score (nSPS) is 15.5. The van der Waals surface area contributed by atoms with Crippen molar-refractivity contribution in [2.45, 2.75) is 45.4 Å². The number of aryl methyl sites for hydroxylation is 1. The molecule has 0 bridgehead atoms. The highest BCUT2D eigenvalue weighted by Gasteiger charge is 2.28. The third-order valence-electron chi connectivity index (χ3n) is 5.83. The summed E-state index contributed by atoms with van der Waals surface area (Å²) in [6, 6.07) is 6.06. The summed E-state index contributed by atoms with van der Waals surface area (Å²) in [4.78, 5) is 26.2. The second kappa shape index (κ2) is 10.1. The van der Waals surface area contributed by atoms with Crippen LogP contribution in [0.25, 0.3) is 0 Å². The van der Waals surface area contributed by atoms with E-state index in [9.17, 15) is 18.0 Å². The zero-order valence-electron chi connectivity index (χ0n) is 18.9. The average molecular weight is 479 g/mol. The molecular formula is C23H30N2O5S2. The number of Topliss-reactive ketones (excluding diaryl/α,β-unsaturated/α-hetero) is 1. The zero-order valence-corrected chi connectivity index (χ0v) is 20.6. The van der Waals surface area contributed by atoms with Gasteiger partial charge >= 0.3 is 5.97 Å². The minimum Gasteiger partial charge on any atom is -0.462 e. The van der Waals surface area contributed by atoms with Crippen LogP contribution in [0.5, 0.6) is 0 Å². The van der Waals surface area contributed by atoms with Crippen LogP contribution in [0.4, 0.5) is 5.00 Å². The number of benzene rings is 1. The summed E-state index contributed by atoms with van der Waals surface area (Å²) in [7, 11) is -3.55. The van der Waals surface area contributed by atoms with Gasteiger partial charge < -0.3 is 10.1 Å². The van der Waals surface area contributed by atoms with Gasteiger partial charge in [-0.3, -0.25) is 4.79 Å². The molecule has 174 valence electrons. The maximum absolute atomic E-state index is 12.9. The fraction of sp³-hybridized carbons (Fsp3) is 0.478. The molecule has 1 aromatic carbocycles. The molecule has 0 aliphatic carbocycles. The molecule has 0 radical (unpaired) electrons. The van der Waals surface area contributed by atoms with Crippen molar-refractivity contribution in [3.63, 3.8) is 0 Å². The number of nitrogens with one attached hydrogen (secondary N) is 1. The maximum atomic E-state index is 12.9. The van der Waals surface area contributed by atoms with Gasteiger partial charge in [-0.15, -0.1) is 11.3 Å². The van der Waals surface area contributed by atoms with E-state index in [0.717, 1.165) is 23.3 Å². The molecule has 32 heavy (non-hydrogen) atoms. The summed E-state index contributed by atoms with van der Waals surface area (Å²) in [5.74, 6) is -0.0700. The molecule has 0 amide bonds. The predicted octanol–water partition coefficient (Wildman–Crippen LogP) is 4.26. The number of hydrogen-bond acceptors (Lipinski definition) is 7. The van der Waals surface area contributed by atoms with E-state index in [0.29, 0.717) is 35.1 Å². The summed E-state index contributed by atoms with van der Waals surface area (Å²) in [5.41, 5.74) is 1.70. The first-order valence-electron chi connectivity index (χ1n) is 10.8. The monoisotopic (exact) mass is 478 g/mol. The number of thiophene rings is 1. The van der Waals surface area contributed by atoms with Gasteiger partial charge in [-0.25, -0.2) is 13.2 Å². The second-order valence-corrected chi connectivity index (χ2v) is 11.3. The Morgan fingerprint density at radius 3 is 2.38 bits per heavy atom. The Hall–Kier alpha value is -2.23. The standard InChI is InChI=1S/C23H30N2O5S2/c1-5-30-23(27)21-16(3)17(4)31-22(21)24-14-20(26)18-6-8-19(9-7-18)32(28,29)25-12-10-15(2)11-13-25/h6-9,15,24H,5,10-14H2,1-4H3. The lowest BCUT2D eigenvalue weighted by Crippen LogP contribution is -2.37. The van der Waals surface area contributed by atoms with Gasteiger partial charge in [0.25, 0.3) is 0 Å². The van der Waals surface area contributed by atoms with Crippen molar-refractivity contribution in [3.05, 3.63) is 45.8 Å². The van der Waals surface area contributed by atoms with E-state index in [2.05, 4.69) is 12.2 Å². The molecule has 3 rings (SSSR count). The van der Waals surface area contributed by atoms with Gasteiger partial charge in [0.05, 0.1) is 23.6 Å². The maximum Gasteiger partial charge on any atom is 0.341 e. The summed E-state index contributed by atoms with van der Waals surface area (Å²) in [6.07, 6.45) is 1.72. The highest BCUT2D eigenvalue weighted by Crippen LogP contribution is 2.33. The molecule has 1 saturated heterocycles. The zero-order chi connectivity index (χ0) is 23.5. The molecule has 0 unspecified atom stereocenters. The van der Waals surface area contributed by atoms with E-state index in [1.54, 1.807) is 19.1 Å². The SMILES string of the molecule is CCOC(=O)c1c(NCC(=O)c2ccc(S(=O)(=O)N3CCC(C)CC3)cc2)sc(C)c1C. The van der Waals surface area contributed by atoms with Gasteiger partial charge in [0.1, 0.15) is 5.00 Å². The van der Waals surface area contributed by atoms with E-state index < -0.39 is 16.0 Å². The number of piperidine rings is 1. The summed E-state index contributed by atoms with van der Waals surface area (Å²) < 4.78 is 32.4. The lowest BCUT2D eigenvalue weighted by molar-refractivity contribution is 0.0527. The Kier molecular flexibility index (Phi) is 7.74. The number of hydrogen-bond donors (Lipinski definition) is 1. The second-order valence-electron chi connectivity index (χ2n) is 8.10. The smallest absolute Gasteiger partial charge is 0.341 e. The molecule has 1 aromatic heterocycles. The first kappa shape index (κ1) is 24.4. The highest BCUT2D eigenvalue weighted by atomic mass is 32.2. The number of ether oxygens (including phenoxy) is 1. The van der Waals surface area contributed by atoms with Crippen LogP contribution in [0, 0.1) is 19.8 Å². The molecule has 1 fully saturated rings. The molecule has 0 spiro atoms. The van der Waals surface area contributed by atoms with Crippen molar-refractivity contribution < 1.29 is 22.7 Å². The van der Waals surface area contributed by atoms with E-state index >= 15 is 0 Å². The van der Waals surface area contributed by atoms with Crippen molar-refractivity contribution >= 4 is 38.1 Å². The number of carbonyl (C=O) groups is 2. The van der Waals surface area contributed by atoms with E-state index in [4.69, 9.17) is 4.74 Å². The van der Waals surface area contributed by atoms with E-state index in [-0.39, 0.29) is 23.8 Å². The number of ketones is 1. The van der Waals surface area contributed by atoms with Crippen molar-refractivity contribution in [2.75, 3.05) is 31.6 Å². The van der Waals surface area contributed by atoms with Gasteiger partial charge in [-0.1, -0.05) is 6.92 Å². The number of esters is 1. The number of rotatable bonds is 8. The lowest BCUT2D eigenvalue weighted by Gasteiger charge is -2.29. The Balaban J connectivity index is 1.68. The Bertz CT molecular complexity index is 1080. The third-order valence-corrected chi connectivity index (χ3v) is 8.91. The van der Waals surface area contributed by atoms with Crippen LogP contribution in [0.1, 0.15) is 57.8 Å². The number of nitrogens with zero attached hydrogens (tertiary/aromatic N) is 1. The first-order chi connectivity index (χ1) is 15.1. The van der Waals surface area contributed by atoms with Gasteiger partial charge in [0.15, 0.2) is 5.78 Å². The Morgan fingerprint density at radius 1 is 1.16 bits per heavy atom. The summed E-state index contributed by atoms with van der Waals surface area (Å²) >= 11 is 1.41. The van der Waals surface area contributed by atoms with E-state index in [1.165, 1.54) is 27.8 Å². The first-order valence-corrected chi connectivity index (χ1v) is 13.0. The van der Waals surface area contributed by atoms with Gasteiger partial charge in [0.2, 0.25) is 10.0 Å². The van der Waals surface area contributed by atoms with Crippen molar-refractivity contribution in [3.8, 4) is 0 Å². The molecule has 1 aliphatic rings. The van der Waals surface area contributed by atoms with Crippen LogP contribution >= 0.6 is 11.3 Å². The minimum atomic E-state index is -3.55. The van der Waals surface area contributed by atoms with E-state index in [1.807, 2.05) is 13.8 Å². The average Bonchev–Trinajstić information content (AvgIpc) is 3.06. The van der Waals surface area contributed by atoms with Crippen molar-refractivity contribution in [2.24, 2.45) is 5.92 Å². The van der Waals surface area contributed by atoms with Crippen LogP contribution < -0.4 is 5.32 Å². The van der Waals surface area contributed by atoms with Crippen LogP contribution in [-0.2, 0) is 14.8 Å². The molecule has 7 nitrogen and oxygen atoms in total. The third kappa shape index (κ3) is 5.22. The van der Waals surface area contributed by atoms with Crippen molar-refractivity contribution in [1.82, 2.24) is 4.31 Å². The van der Waals surface area contributed by atoms with Crippen LogP contribution in [-0.4, -0.2) is 50.7 Å². The fourth-order valence-corrected chi connectivity index (χ4v) is 6.16. The van der Waals surface area contributed by atoms with Gasteiger partial charge in [-0.05, 0) is 69.4 Å². The highest BCUT2D eigenvalue weighted by molar-refractivity contribution is 7.89. The molecule has 0 atom stereocenters. The number of anilines is 1. The molecule has 2 aromatic rings.